The summed E-state index contributed by atoms with van der Waals surface area (Å²) < 4.78 is 23.5. The van der Waals surface area contributed by atoms with Crippen molar-refractivity contribution in [2.45, 2.75) is 111 Å². The van der Waals surface area contributed by atoms with Crippen molar-refractivity contribution in [3.63, 3.8) is 0 Å². The van der Waals surface area contributed by atoms with Gasteiger partial charge < -0.3 is 73.4 Å². The highest BCUT2D eigenvalue weighted by Gasteiger charge is 2.51. The van der Waals surface area contributed by atoms with Crippen molar-refractivity contribution in [2.24, 2.45) is 33.8 Å². The molecule has 0 radical (unpaired) electrons. The van der Waals surface area contributed by atoms with Gasteiger partial charge in [0, 0.05) is 17.5 Å². The highest BCUT2D eigenvalue weighted by atomic mass is 16.7. The first kappa shape index (κ1) is 32.8. The van der Waals surface area contributed by atoms with Gasteiger partial charge in [-0.2, -0.15) is 0 Å². The van der Waals surface area contributed by atoms with Crippen molar-refractivity contribution < 1.29 is 44.2 Å². The van der Waals surface area contributed by atoms with Crippen LogP contribution in [0, 0.1) is 0 Å². The molecule has 14 atom stereocenters. The Morgan fingerprint density at radius 1 is 1.02 bits per heavy atom. The number of azide groups is 1. The highest BCUT2D eigenvalue weighted by molar-refractivity contribution is 5.80. The zero-order chi connectivity index (χ0) is 29.6. The summed E-state index contributed by atoms with van der Waals surface area (Å²) in [7, 11) is 0. The molecule has 0 aromatic carbocycles. The second-order valence-electron chi connectivity index (χ2n) is 10.4. The fourth-order valence-electron chi connectivity index (χ4n) is 5.14. The van der Waals surface area contributed by atoms with Crippen LogP contribution >= 0.6 is 0 Å². The summed E-state index contributed by atoms with van der Waals surface area (Å²) in [4.78, 5) is 15.3. The SMILES string of the molecule is [N-]=[N+]=NCC1O[C@H](O[C@@H]2C(O)C(O[C@H]3OC(CN)CCC3N)[C@@H](N)C[C@H]2NC(=O)[C@@H](O)CCN)C(O)[C@@H](N)[C@@H]1O. The molecular formula is C22H43N9O9. The molecule has 18 heteroatoms. The fourth-order valence-corrected chi connectivity index (χ4v) is 5.14. The second-order valence-corrected chi connectivity index (χ2v) is 10.4. The van der Waals surface area contributed by atoms with E-state index in [1.54, 1.807) is 0 Å². The van der Waals surface area contributed by atoms with Gasteiger partial charge >= 0.3 is 0 Å². The first-order chi connectivity index (χ1) is 19.0. The van der Waals surface area contributed by atoms with E-state index in [1.165, 1.54) is 0 Å². The Hall–Kier alpha value is -1.74. The number of hydrogen-bond acceptors (Lipinski definition) is 15. The lowest BCUT2D eigenvalue weighted by atomic mass is 9.83. The number of nitrogens with zero attached hydrogens (tertiary/aromatic N) is 3. The van der Waals surface area contributed by atoms with Crippen LogP contribution in [-0.4, -0.2) is 132 Å². The van der Waals surface area contributed by atoms with Crippen LogP contribution in [0.5, 0.6) is 0 Å². The summed E-state index contributed by atoms with van der Waals surface area (Å²) in [5, 5.41) is 48.6. The normalized spacial score (nSPS) is 43.0. The Kier molecular flexibility index (Phi) is 12.2. The molecule has 15 N–H and O–H groups in total. The molecule has 0 aromatic rings. The minimum atomic E-state index is -1.57. The number of nitrogens with one attached hydrogen (secondary N) is 1. The first-order valence-corrected chi connectivity index (χ1v) is 13.3. The summed E-state index contributed by atoms with van der Waals surface area (Å²) in [6.45, 7) is -0.0130. The van der Waals surface area contributed by atoms with E-state index in [9.17, 15) is 25.2 Å². The van der Waals surface area contributed by atoms with Gasteiger partial charge in [-0.1, -0.05) is 5.11 Å². The van der Waals surface area contributed by atoms with Gasteiger partial charge in [-0.15, -0.1) is 0 Å². The van der Waals surface area contributed by atoms with Crippen molar-refractivity contribution in [2.75, 3.05) is 19.6 Å². The zero-order valence-electron chi connectivity index (χ0n) is 22.1. The highest BCUT2D eigenvalue weighted by Crippen LogP contribution is 2.31. The molecular weight excluding hydrogens is 534 g/mol. The molecule has 230 valence electrons. The number of hydrogen-bond donors (Lipinski definition) is 10. The maximum Gasteiger partial charge on any atom is 0.249 e. The van der Waals surface area contributed by atoms with Crippen LogP contribution < -0.4 is 34.0 Å². The monoisotopic (exact) mass is 577 g/mol. The predicted octanol–water partition coefficient (Wildman–Crippen LogP) is -5.08. The van der Waals surface area contributed by atoms with E-state index in [0.29, 0.717) is 12.8 Å². The number of aliphatic hydroxyl groups is 4. The molecule has 18 nitrogen and oxygen atoms in total. The first-order valence-electron chi connectivity index (χ1n) is 13.3. The third kappa shape index (κ3) is 7.75. The number of carbonyl (C=O) groups is 1. The smallest absolute Gasteiger partial charge is 0.249 e. The number of nitrogens with two attached hydrogens (primary N) is 5. The van der Waals surface area contributed by atoms with Crippen molar-refractivity contribution in [3.05, 3.63) is 10.4 Å². The van der Waals surface area contributed by atoms with Gasteiger partial charge in [0.1, 0.15) is 30.5 Å². The summed E-state index contributed by atoms with van der Waals surface area (Å²) in [6, 6.07) is -3.61. The molecule has 1 aliphatic carbocycles. The standard InChI is InChI=1S/C22H43N9O9/c23-4-3-12(32)20(36)30-11-5-10(26)18(39-21-9(25)2-1-8(6-24)37-21)17(35)19(11)40-22-16(34)14(27)15(33)13(38-22)7-29-31-28/h8-19,21-22,32-35H,1-7,23-27H2,(H,30,36)/t8?,9?,10-,11+,12-,13?,14-,15+,16?,17?,18?,19-,21+,22+/m0/s1. The lowest BCUT2D eigenvalue weighted by molar-refractivity contribution is -0.309. The van der Waals surface area contributed by atoms with Crippen LogP contribution in [0.3, 0.4) is 0 Å². The molecule has 0 bridgehead atoms. The average molecular weight is 578 g/mol. The van der Waals surface area contributed by atoms with E-state index >= 15 is 0 Å². The zero-order valence-corrected chi connectivity index (χ0v) is 22.1. The molecule has 2 saturated heterocycles. The van der Waals surface area contributed by atoms with E-state index in [2.05, 4.69) is 15.3 Å². The van der Waals surface area contributed by atoms with Gasteiger partial charge in [0.05, 0.1) is 43.0 Å². The summed E-state index contributed by atoms with van der Waals surface area (Å²) >= 11 is 0. The van der Waals surface area contributed by atoms with Crippen LogP contribution in [0.1, 0.15) is 25.7 Å². The van der Waals surface area contributed by atoms with Gasteiger partial charge in [-0.05, 0) is 37.8 Å². The Morgan fingerprint density at radius 3 is 2.38 bits per heavy atom. The predicted molar refractivity (Wildman–Crippen MR) is 138 cm³/mol. The van der Waals surface area contributed by atoms with Crippen LogP contribution in [0.4, 0.5) is 0 Å². The van der Waals surface area contributed by atoms with Crippen LogP contribution in [0.15, 0.2) is 5.11 Å². The van der Waals surface area contributed by atoms with Gasteiger partial charge in [0.15, 0.2) is 12.6 Å². The van der Waals surface area contributed by atoms with Crippen LogP contribution in [-0.2, 0) is 23.7 Å². The molecule has 1 saturated carbocycles. The van der Waals surface area contributed by atoms with Crippen molar-refractivity contribution in [3.8, 4) is 0 Å². The quantitative estimate of drug-likeness (QED) is 0.0624. The number of carbonyl (C=O) groups excluding carboxylic acids is 1. The van der Waals surface area contributed by atoms with E-state index in [0.717, 1.165) is 0 Å². The van der Waals surface area contributed by atoms with Crippen molar-refractivity contribution >= 4 is 5.91 Å². The molecule has 0 spiro atoms. The summed E-state index contributed by atoms with van der Waals surface area (Å²) in [5.74, 6) is -0.773. The number of ether oxygens (including phenoxy) is 4. The van der Waals surface area contributed by atoms with Gasteiger partial charge in [0.2, 0.25) is 5.91 Å². The third-order valence-corrected chi connectivity index (χ3v) is 7.51. The largest absolute Gasteiger partial charge is 0.389 e. The molecule has 1 amide bonds. The van der Waals surface area contributed by atoms with Crippen molar-refractivity contribution in [1.29, 1.82) is 0 Å². The van der Waals surface area contributed by atoms with Gasteiger partial charge in [0.25, 0.3) is 0 Å². The minimum absolute atomic E-state index is 0.00933. The summed E-state index contributed by atoms with van der Waals surface area (Å²) in [5.41, 5.74) is 38.3. The Morgan fingerprint density at radius 2 is 1.73 bits per heavy atom. The lowest BCUT2D eigenvalue weighted by Crippen LogP contribution is -2.69. The molecule has 3 fully saturated rings. The maximum atomic E-state index is 12.6. The molecule has 3 aliphatic rings. The molecule has 40 heavy (non-hydrogen) atoms. The molecule has 2 aliphatic heterocycles. The van der Waals surface area contributed by atoms with Crippen LogP contribution in [0.2, 0.25) is 0 Å². The Bertz CT molecular complexity index is 872. The average Bonchev–Trinajstić information content (AvgIpc) is 2.93. The summed E-state index contributed by atoms with van der Waals surface area (Å²) in [6.07, 6.45) is -11.0. The van der Waals surface area contributed by atoms with E-state index < -0.39 is 85.4 Å². The minimum Gasteiger partial charge on any atom is -0.389 e. The molecule has 3 rings (SSSR count). The van der Waals surface area contributed by atoms with E-state index in [1.807, 2.05) is 0 Å². The second kappa shape index (κ2) is 14.9. The van der Waals surface area contributed by atoms with Crippen LogP contribution in [0.25, 0.3) is 10.4 Å². The molecule has 2 heterocycles. The number of aliphatic hydroxyl groups excluding tert-OH is 4. The van der Waals surface area contributed by atoms with Crippen molar-refractivity contribution in [1.82, 2.24) is 5.32 Å². The van der Waals surface area contributed by atoms with Gasteiger partial charge in [-0.25, -0.2) is 0 Å². The fraction of sp³-hybridized carbons (Fsp3) is 0.955. The topological polar surface area (TPSA) is 326 Å². The Labute approximate surface area is 231 Å². The van der Waals surface area contributed by atoms with Gasteiger partial charge in [-0.3, -0.25) is 4.79 Å². The third-order valence-electron chi connectivity index (χ3n) is 7.51. The lowest BCUT2D eigenvalue weighted by Gasteiger charge is -2.48. The molecule has 0 aromatic heterocycles. The number of amides is 1. The van der Waals surface area contributed by atoms with E-state index in [-0.39, 0.29) is 38.6 Å². The number of rotatable bonds is 11. The maximum absolute atomic E-state index is 12.6. The Balaban J connectivity index is 1.84. The molecule has 6 unspecified atom stereocenters. The van der Waals surface area contributed by atoms with E-state index in [4.69, 9.17) is 53.1 Å².